The van der Waals surface area contributed by atoms with Gasteiger partial charge in [0.15, 0.2) is 0 Å². The Balaban J connectivity index is 0.00000272. The van der Waals surface area contributed by atoms with Crippen LogP contribution in [-0.4, -0.2) is 22.5 Å². The van der Waals surface area contributed by atoms with Crippen LogP contribution in [0, 0.1) is 12.8 Å². The van der Waals surface area contributed by atoms with Crippen molar-refractivity contribution >= 4 is 51.4 Å². The third-order valence-corrected chi connectivity index (χ3v) is 5.67. The molecule has 0 saturated heterocycles. The fourth-order valence-electron chi connectivity index (χ4n) is 3.24. The van der Waals surface area contributed by atoms with E-state index < -0.39 is 0 Å². The molecule has 0 atom stereocenters. The Kier molecular flexibility index (Phi) is 7.25. The van der Waals surface area contributed by atoms with Gasteiger partial charge in [-0.25, -0.2) is 14.8 Å². The molecule has 0 spiro atoms. The number of carbonyl (C=O) groups is 1. The predicted octanol–water partition coefficient (Wildman–Crippen LogP) is 6.64. The number of aryl methyl sites for hydroxylation is 1. The first-order valence-corrected chi connectivity index (χ1v) is 10.7. The Bertz CT molecular complexity index is 1170. The van der Waals surface area contributed by atoms with Crippen molar-refractivity contribution in [1.29, 1.82) is 0 Å². The molecule has 0 saturated carbocycles. The number of halogens is 1. The number of hydrogen-bond acceptors (Lipinski definition) is 6. The van der Waals surface area contributed by atoms with Gasteiger partial charge in [0.2, 0.25) is 0 Å². The van der Waals surface area contributed by atoms with Gasteiger partial charge >= 0.3 is 5.97 Å². The van der Waals surface area contributed by atoms with Crippen LogP contribution in [0.4, 0.5) is 11.5 Å². The minimum Gasteiger partial charge on any atom is -0.462 e. The van der Waals surface area contributed by atoms with Crippen LogP contribution in [0.15, 0.2) is 60.9 Å². The first-order valence-electron chi connectivity index (χ1n) is 9.86. The fourth-order valence-corrected chi connectivity index (χ4v) is 4.26. The monoisotopic (exact) mass is 453 g/mol. The van der Waals surface area contributed by atoms with Crippen LogP contribution in [0.3, 0.4) is 0 Å². The summed E-state index contributed by atoms with van der Waals surface area (Å²) >= 11 is 1.66. The molecule has 0 bridgehead atoms. The van der Waals surface area contributed by atoms with E-state index >= 15 is 0 Å². The molecule has 160 valence electrons. The predicted molar refractivity (Wildman–Crippen MR) is 130 cm³/mol. The molecule has 5 nitrogen and oxygen atoms in total. The van der Waals surface area contributed by atoms with Crippen LogP contribution in [0.1, 0.15) is 29.1 Å². The van der Waals surface area contributed by atoms with Crippen LogP contribution in [0.25, 0.3) is 21.3 Å². The van der Waals surface area contributed by atoms with Crippen molar-refractivity contribution in [3.05, 3.63) is 71.4 Å². The molecule has 2 aromatic carbocycles. The molecule has 1 N–H and O–H groups in total. The lowest BCUT2D eigenvalue weighted by Crippen LogP contribution is -2.10. The highest BCUT2D eigenvalue weighted by Gasteiger charge is 2.17. The van der Waals surface area contributed by atoms with Crippen LogP contribution in [0.5, 0.6) is 0 Å². The van der Waals surface area contributed by atoms with Crippen molar-refractivity contribution in [1.82, 2.24) is 9.97 Å². The van der Waals surface area contributed by atoms with Crippen molar-refractivity contribution in [3.63, 3.8) is 0 Å². The summed E-state index contributed by atoms with van der Waals surface area (Å²) in [5, 5.41) is 4.40. The van der Waals surface area contributed by atoms with Gasteiger partial charge in [-0.3, -0.25) is 0 Å². The molecular formula is C24H24ClN3O2S. The van der Waals surface area contributed by atoms with Gasteiger partial charge in [-0.2, -0.15) is 0 Å². The minimum atomic E-state index is -0.306. The van der Waals surface area contributed by atoms with Crippen molar-refractivity contribution in [2.45, 2.75) is 20.8 Å². The second-order valence-electron chi connectivity index (χ2n) is 7.50. The zero-order chi connectivity index (χ0) is 21.1. The maximum Gasteiger partial charge on any atom is 0.338 e. The Labute approximate surface area is 191 Å². The molecule has 4 rings (SSSR count). The second-order valence-corrected chi connectivity index (χ2v) is 8.70. The third kappa shape index (κ3) is 5.03. The SMILES string of the molecule is Cc1sc2ncnc(Nc3ccc(C(=O)OCC(C)C)cc3)c2c1-c1ccccc1.Cl. The Morgan fingerprint density at radius 2 is 1.77 bits per heavy atom. The standard InChI is InChI=1S/C24H23N3O2S.ClH/c1-15(2)13-29-24(28)18-9-11-19(12-10-18)27-22-21-20(17-7-5-4-6-8-17)16(3)30-23(21)26-14-25-22;/h4-12,14-15H,13H2,1-3H3,(H,25,26,27);1H. The van der Waals surface area contributed by atoms with E-state index in [1.807, 2.05) is 44.2 Å². The lowest BCUT2D eigenvalue weighted by atomic mass is 10.0. The number of fused-ring (bicyclic) bond motifs is 1. The zero-order valence-corrected chi connectivity index (χ0v) is 19.2. The van der Waals surface area contributed by atoms with E-state index in [2.05, 4.69) is 34.3 Å². The molecule has 31 heavy (non-hydrogen) atoms. The van der Waals surface area contributed by atoms with E-state index in [9.17, 15) is 4.79 Å². The maximum atomic E-state index is 12.1. The van der Waals surface area contributed by atoms with Gasteiger partial charge in [-0.15, -0.1) is 23.7 Å². The highest BCUT2D eigenvalue weighted by Crippen LogP contribution is 2.40. The summed E-state index contributed by atoms with van der Waals surface area (Å²) in [7, 11) is 0. The first-order chi connectivity index (χ1) is 14.5. The van der Waals surface area contributed by atoms with E-state index in [4.69, 9.17) is 4.74 Å². The summed E-state index contributed by atoms with van der Waals surface area (Å²) < 4.78 is 5.29. The third-order valence-electron chi connectivity index (χ3n) is 4.66. The molecule has 0 fully saturated rings. The molecule has 2 aromatic heterocycles. The number of nitrogens with zero attached hydrogens (tertiary/aromatic N) is 2. The number of anilines is 2. The van der Waals surface area contributed by atoms with Crippen molar-refractivity contribution in [3.8, 4) is 11.1 Å². The largest absolute Gasteiger partial charge is 0.462 e. The summed E-state index contributed by atoms with van der Waals surface area (Å²) in [4.78, 5) is 23.2. The number of carbonyl (C=O) groups excluding carboxylic acids is 1. The van der Waals surface area contributed by atoms with Gasteiger partial charge in [0, 0.05) is 16.1 Å². The smallest absolute Gasteiger partial charge is 0.338 e. The van der Waals surface area contributed by atoms with Gasteiger partial charge in [-0.1, -0.05) is 44.2 Å². The molecule has 4 aromatic rings. The van der Waals surface area contributed by atoms with E-state index in [1.165, 1.54) is 4.88 Å². The van der Waals surface area contributed by atoms with Crippen LogP contribution in [-0.2, 0) is 4.74 Å². The van der Waals surface area contributed by atoms with Crippen LogP contribution >= 0.6 is 23.7 Å². The molecule has 2 heterocycles. The van der Waals surface area contributed by atoms with Crippen molar-refractivity contribution in [2.75, 3.05) is 11.9 Å². The van der Waals surface area contributed by atoms with Crippen molar-refractivity contribution < 1.29 is 9.53 Å². The van der Waals surface area contributed by atoms with Crippen LogP contribution < -0.4 is 5.32 Å². The summed E-state index contributed by atoms with van der Waals surface area (Å²) in [6, 6.07) is 17.5. The van der Waals surface area contributed by atoms with E-state index in [1.54, 1.807) is 29.8 Å². The number of rotatable bonds is 6. The van der Waals surface area contributed by atoms with Gasteiger partial charge in [0.25, 0.3) is 0 Å². The number of esters is 1. The normalized spacial score (nSPS) is 10.7. The molecule has 0 aliphatic heterocycles. The summed E-state index contributed by atoms with van der Waals surface area (Å²) in [5.41, 5.74) is 3.67. The topological polar surface area (TPSA) is 64.1 Å². The summed E-state index contributed by atoms with van der Waals surface area (Å²) in [6.45, 7) is 6.55. The Hall–Kier alpha value is -2.96. The average Bonchev–Trinajstić information content (AvgIpc) is 3.10. The lowest BCUT2D eigenvalue weighted by molar-refractivity contribution is 0.0459. The molecule has 0 unspecified atom stereocenters. The number of hydrogen-bond donors (Lipinski definition) is 1. The number of ether oxygens (including phenoxy) is 1. The zero-order valence-electron chi connectivity index (χ0n) is 17.6. The van der Waals surface area contributed by atoms with Crippen molar-refractivity contribution in [2.24, 2.45) is 5.92 Å². The van der Waals surface area contributed by atoms with Gasteiger partial charge in [0.05, 0.1) is 17.6 Å². The summed E-state index contributed by atoms with van der Waals surface area (Å²) in [5.74, 6) is 0.751. The molecule has 0 radical (unpaired) electrons. The lowest BCUT2D eigenvalue weighted by Gasteiger charge is -2.10. The van der Waals surface area contributed by atoms with Gasteiger partial charge in [-0.05, 0) is 42.7 Å². The number of aromatic nitrogens is 2. The summed E-state index contributed by atoms with van der Waals surface area (Å²) in [6.07, 6.45) is 1.58. The van der Waals surface area contributed by atoms with E-state index in [0.717, 1.165) is 32.8 Å². The molecule has 7 heteroatoms. The van der Waals surface area contributed by atoms with Crippen LogP contribution in [0.2, 0.25) is 0 Å². The number of thiophene rings is 1. The quantitative estimate of drug-likeness (QED) is 0.331. The first kappa shape index (κ1) is 22.7. The highest BCUT2D eigenvalue weighted by atomic mass is 35.5. The van der Waals surface area contributed by atoms with Gasteiger partial charge < -0.3 is 10.1 Å². The molecular weight excluding hydrogens is 430 g/mol. The Morgan fingerprint density at radius 1 is 1.06 bits per heavy atom. The number of benzene rings is 2. The van der Waals surface area contributed by atoms with E-state index in [0.29, 0.717) is 18.1 Å². The molecule has 0 amide bonds. The second kappa shape index (κ2) is 9.90. The molecule has 0 aliphatic rings. The highest BCUT2D eigenvalue weighted by molar-refractivity contribution is 7.19. The number of nitrogens with one attached hydrogen (secondary N) is 1. The van der Waals surface area contributed by atoms with E-state index in [-0.39, 0.29) is 18.4 Å². The minimum absolute atomic E-state index is 0. The maximum absolute atomic E-state index is 12.1. The molecule has 0 aliphatic carbocycles. The van der Waals surface area contributed by atoms with Gasteiger partial charge in [0.1, 0.15) is 17.0 Å². The fraction of sp³-hybridized carbons (Fsp3) is 0.208. The average molecular weight is 454 g/mol. The Morgan fingerprint density at radius 3 is 2.45 bits per heavy atom.